The van der Waals surface area contributed by atoms with Crippen molar-refractivity contribution in [1.82, 2.24) is 4.98 Å². The molecule has 2 rings (SSSR count). The Morgan fingerprint density at radius 3 is 2.77 bits per heavy atom. The third-order valence-electron chi connectivity index (χ3n) is 3.00. The monoisotopic (exact) mass is 320 g/mol. The summed E-state index contributed by atoms with van der Waals surface area (Å²) in [6.45, 7) is 1.90. The molecule has 0 aliphatic rings. The molecular formula is C15H16N2O4S. The van der Waals surface area contributed by atoms with Crippen molar-refractivity contribution in [3.05, 3.63) is 40.4 Å². The third-order valence-corrected chi connectivity index (χ3v) is 3.80. The molecule has 6 nitrogen and oxygen atoms in total. The summed E-state index contributed by atoms with van der Waals surface area (Å²) in [4.78, 5) is 27.5. The summed E-state index contributed by atoms with van der Waals surface area (Å²) in [5.41, 5.74) is 1.99. The molecule has 0 bridgehead atoms. The zero-order valence-electron chi connectivity index (χ0n) is 12.5. The second kappa shape index (κ2) is 7.04. The molecule has 0 atom stereocenters. The van der Waals surface area contributed by atoms with Crippen LogP contribution in [0.3, 0.4) is 0 Å². The molecule has 1 aromatic heterocycles. The Hall–Kier alpha value is -2.41. The smallest absolute Gasteiger partial charge is 0.311 e. The Morgan fingerprint density at radius 1 is 1.32 bits per heavy atom. The first-order valence-corrected chi connectivity index (χ1v) is 7.38. The van der Waals surface area contributed by atoms with Gasteiger partial charge in [0.05, 0.1) is 26.3 Å². The predicted molar refractivity (Wildman–Crippen MR) is 83.5 cm³/mol. The normalized spacial score (nSPS) is 10.1. The van der Waals surface area contributed by atoms with E-state index in [9.17, 15) is 9.59 Å². The van der Waals surface area contributed by atoms with Crippen molar-refractivity contribution in [3.8, 4) is 5.75 Å². The number of nitrogens with one attached hydrogen (secondary N) is 1. The number of carbonyl (C=O) groups is 2. The van der Waals surface area contributed by atoms with Crippen LogP contribution in [0.4, 0.5) is 5.13 Å². The third kappa shape index (κ3) is 3.82. The number of aromatic nitrogens is 1. The van der Waals surface area contributed by atoms with Crippen LogP contribution in [-0.2, 0) is 16.0 Å². The molecule has 0 unspecified atom stereocenters. The van der Waals surface area contributed by atoms with Crippen molar-refractivity contribution in [2.45, 2.75) is 13.3 Å². The van der Waals surface area contributed by atoms with Gasteiger partial charge in [0.25, 0.3) is 5.91 Å². The summed E-state index contributed by atoms with van der Waals surface area (Å²) in [5.74, 6) is 0.00174. The van der Waals surface area contributed by atoms with Crippen LogP contribution in [0.5, 0.6) is 5.75 Å². The SMILES string of the molecule is COC(=O)Cc1csc(NC(=O)c2ccc(C)c(OC)c2)n1. The first-order valence-electron chi connectivity index (χ1n) is 6.50. The van der Waals surface area contributed by atoms with Gasteiger partial charge in [-0.1, -0.05) is 6.07 Å². The maximum absolute atomic E-state index is 12.2. The van der Waals surface area contributed by atoms with Gasteiger partial charge >= 0.3 is 5.97 Å². The zero-order chi connectivity index (χ0) is 16.1. The number of esters is 1. The van der Waals surface area contributed by atoms with Crippen LogP contribution in [0.1, 0.15) is 21.6 Å². The van der Waals surface area contributed by atoms with Gasteiger partial charge in [-0.3, -0.25) is 14.9 Å². The number of amides is 1. The molecule has 0 saturated heterocycles. The predicted octanol–water partition coefficient (Wildman–Crippen LogP) is 2.43. The quantitative estimate of drug-likeness (QED) is 0.856. The fraction of sp³-hybridized carbons (Fsp3) is 0.267. The number of rotatable bonds is 5. The lowest BCUT2D eigenvalue weighted by Crippen LogP contribution is -2.12. The lowest BCUT2D eigenvalue weighted by molar-refractivity contribution is -0.139. The van der Waals surface area contributed by atoms with Crippen LogP contribution in [0.2, 0.25) is 0 Å². The topological polar surface area (TPSA) is 77.5 Å². The van der Waals surface area contributed by atoms with Crippen LogP contribution in [0, 0.1) is 6.92 Å². The first-order chi connectivity index (χ1) is 10.5. The number of thiazole rings is 1. The Labute approximate surface area is 132 Å². The molecule has 1 aromatic carbocycles. The van der Waals surface area contributed by atoms with Crippen LogP contribution in [0.25, 0.3) is 0 Å². The van der Waals surface area contributed by atoms with Crippen LogP contribution >= 0.6 is 11.3 Å². The van der Waals surface area contributed by atoms with E-state index in [0.29, 0.717) is 22.1 Å². The summed E-state index contributed by atoms with van der Waals surface area (Å²) < 4.78 is 9.78. The van der Waals surface area contributed by atoms with E-state index >= 15 is 0 Å². The highest BCUT2D eigenvalue weighted by molar-refractivity contribution is 7.14. The van der Waals surface area contributed by atoms with Gasteiger partial charge in [0.15, 0.2) is 5.13 Å². The van der Waals surface area contributed by atoms with Crippen LogP contribution in [0.15, 0.2) is 23.6 Å². The number of hydrogen-bond acceptors (Lipinski definition) is 6. The van der Waals surface area contributed by atoms with Gasteiger partial charge in [-0.25, -0.2) is 4.98 Å². The molecule has 116 valence electrons. The van der Waals surface area contributed by atoms with Crippen molar-refractivity contribution in [1.29, 1.82) is 0 Å². The van der Waals surface area contributed by atoms with Gasteiger partial charge in [-0.2, -0.15) is 0 Å². The van der Waals surface area contributed by atoms with Crippen molar-refractivity contribution >= 4 is 28.3 Å². The first kappa shape index (κ1) is 16.0. The molecule has 22 heavy (non-hydrogen) atoms. The average Bonchev–Trinajstić information content (AvgIpc) is 2.94. The van der Waals surface area contributed by atoms with E-state index in [2.05, 4.69) is 15.0 Å². The highest BCUT2D eigenvalue weighted by Crippen LogP contribution is 2.21. The van der Waals surface area contributed by atoms with Gasteiger partial charge in [0, 0.05) is 10.9 Å². The van der Waals surface area contributed by atoms with E-state index in [1.807, 2.05) is 13.0 Å². The molecule has 1 heterocycles. The summed E-state index contributed by atoms with van der Waals surface area (Å²) in [6, 6.07) is 5.21. The molecule has 0 aliphatic heterocycles. The minimum Gasteiger partial charge on any atom is -0.496 e. The van der Waals surface area contributed by atoms with E-state index in [1.165, 1.54) is 18.4 Å². The molecule has 0 aliphatic carbocycles. The van der Waals surface area contributed by atoms with Gasteiger partial charge in [0.2, 0.25) is 0 Å². The van der Waals surface area contributed by atoms with Gasteiger partial charge in [0.1, 0.15) is 5.75 Å². The Kier molecular flexibility index (Phi) is 5.11. The van der Waals surface area contributed by atoms with E-state index in [1.54, 1.807) is 24.6 Å². The van der Waals surface area contributed by atoms with E-state index in [0.717, 1.165) is 5.56 Å². The molecule has 0 saturated carbocycles. The second-order valence-electron chi connectivity index (χ2n) is 4.54. The van der Waals surface area contributed by atoms with Crippen molar-refractivity contribution in [3.63, 3.8) is 0 Å². The van der Waals surface area contributed by atoms with Crippen LogP contribution < -0.4 is 10.1 Å². The number of nitrogens with zero attached hydrogens (tertiary/aromatic N) is 1. The molecule has 0 radical (unpaired) electrons. The largest absolute Gasteiger partial charge is 0.496 e. The second-order valence-corrected chi connectivity index (χ2v) is 5.39. The molecule has 0 spiro atoms. The lowest BCUT2D eigenvalue weighted by atomic mass is 10.1. The van der Waals surface area contributed by atoms with Gasteiger partial charge in [-0.15, -0.1) is 11.3 Å². The van der Waals surface area contributed by atoms with E-state index in [4.69, 9.17) is 4.74 Å². The number of hydrogen-bond donors (Lipinski definition) is 1. The summed E-state index contributed by atoms with van der Waals surface area (Å²) in [6.07, 6.45) is 0.0845. The summed E-state index contributed by atoms with van der Waals surface area (Å²) >= 11 is 1.26. The maximum Gasteiger partial charge on any atom is 0.311 e. The summed E-state index contributed by atoms with van der Waals surface area (Å²) in [7, 11) is 2.88. The molecule has 0 fully saturated rings. The number of aryl methyl sites for hydroxylation is 1. The van der Waals surface area contributed by atoms with Crippen LogP contribution in [-0.4, -0.2) is 31.1 Å². The number of ether oxygens (including phenoxy) is 2. The minimum absolute atomic E-state index is 0.0845. The highest BCUT2D eigenvalue weighted by atomic mass is 32.1. The van der Waals surface area contributed by atoms with Crippen molar-refractivity contribution in [2.75, 3.05) is 19.5 Å². The molecular weight excluding hydrogens is 304 g/mol. The minimum atomic E-state index is -0.369. The fourth-order valence-corrected chi connectivity index (χ4v) is 2.50. The molecule has 2 aromatic rings. The molecule has 1 N–H and O–H groups in total. The van der Waals surface area contributed by atoms with Crippen molar-refractivity contribution < 1.29 is 19.1 Å². The molecule has 7 heteroatoms. The summed E-state index contributed by atoms with van der Waals surface area (Å²) in [5, 5.41) is 4.85. The average molecular weight is 320 g/mol. The number of carbonyl (C=O) groups excluding carboxylic acids is 2. The standard InChI is InChI=1S/C15H16N2O4S/c1-9-4-5-10(6-12(9)20-2)14(19)17-15-16-11(8-22-15)7-13(18)21-3/h4-6,8H,7H2,1-3H3,(H,16,17,19). The van der Waals surface area contributed by atoms with E-state index in [-0.39, 0.29) is 18.3 Å². The van der Waals surface area contributed by atoms with E-state index < -0.39 is 0 Å². The zero-order valence-corrected chi connectivity index (χ0v) is 13.3. The number of anilines is 1. The number of benzene rings is 1. The maximum atomic E-state index is 12.2. The fourth-order valence-electron chi connectivity index (χ4n) is 1.80. The number of methoxy groups -OCH3 is 2. The van der Waals surface area contributed by atoms with Gasteiger partial charge in [-0.05, 0) is 24.6 Å². The van der Waals surface area contributed by atoms with Crippen molar-refractivity contribution in [2.24, 2.45) is 0 Å². The Bertz CT molecular complexity index is 697. The molecule has 1 amide bonds. The lowest BCUT2D eigenvalue weighted by Gasteiger charge is -2.07. The Morgan fingerprint density at radius 2 is 2.09 bits per heavy atom. The Balaban J connectivity index is 2.07. The van der Waals surface area contributed by atoms with Gasteiger partial charge < -0.3 is 9.47 Å². The highest BCUT2D eigenvalue weighted by Gasteiger charge is 2.12.